The summed E-state index contributed by atoms with van der Waals surface area (Å²) in [6.45, 7) is 4.59. The summed E-state index contributed by atoms with van der Waals surface area (Å²) >= 11 is 4.98. The first kappa shape index (κ1) is 19.0. The molecule has 4 rings (SSSR count). The topological polar surface area (TPSA) is 66.3 Å². The van der Waals surface area contributed by atoms with Gasteiger partial charge in [0, 0.05) is 9.69 Å². The number of fused-ring (bicyclic) bond motifs is 2. The molecule has 28 heavy (non-hydrogen) atoms. The van der Waals surface area contributed by atoms with Gasteiger partial charge in [-0.1, -0.05) is 46.7 Å². The minimum Gasteiger partial charge on any atom is -0.494 e. The molecule has 2 heterocycles. The molecule has 0 unspecified atom stereocenters. The molecule has 2 aromatic carbocycles. The van der Waals surface area contributed by atoms with Crippen molar-refractivity contribution in [3.8, 4) is 5.75 Å². The van der Waals surface area contributed by atoms with E-state index in [0.717, 1.165) is 32.1 Å². The highest BCUT2D eigenvalue weighted by atomic mass is 79.9. The molecule has 0 spiro atoms. The minimum absolute atomic E-state index is 0.170. The van der Waals surface area contributed by atoms with Crippen LogP contribution in [0.5, 0.6) is 5.75 Å². The zero-order chi connectivity index (χ0) is 19.7. The van der Waals surface area contributed by atoms with Crippen molar-refractivity contribution in [1.82, 2.24) is 10.3 Å². The van der Waals surface area contributed by atoms with E-state index < -0.39 is 6.17 Å². The quantitative estimate of drug-likeness (QED) is 0.764. The number of ether oxygens (including phenoxy) is 1. The van der Waals surface area contributed by atoms with Crippen molar-refractivity contribution in [3.63, 3.8) is 0 Å². The number of carbonyl (C=O) groups is 1. The van der Waals surface area contributed by atoms with Gasteiger partial charge in [-0.2, -0.15) is 0 Å². The van der Waals surface area contributed by atoms with E-state index in [-0.39, 0.29) is 5.91 Å². The Hall–Kier alpha value is -2.32. The number of amidine groups is 1. The van der Waals surface area contributed by atoms with Gasteiger partial charge >= 0.3 is 0 Å². The molecule has 0 fully saturated rings. The Morgan fingerprint density at radius 3 is 2.71 bits per heavy atom. The molecule has 1 N–H and O–H groups in total. The van der Waals surface area contributed by atoms with Crippen molar-refractivity contribution in [2.75, 3.05) is 12.4 Å². The van der Waals surface area contributed by atoms with Gasteiger partial charge in [0.1, 0.15) is 11.4 Å². The number of thioether (sulfide) groups is 1. The summed E-state index contributed by atoms with van der Waals surface area (Å²) in [5.74, 6) is 1.45. The highest BCUT2D eigenvalue weighted by molar-refractivity contribution is 9.10. The van der Waals surface area contributed by atoms with E-state index in [1.54, 1.807) is 5.01 Å². The van der Waals surface area contributed by atoms with E-state index in [1.807, 2.05) is 56.3 Å². The number of hydrazone groups is 1. The molecule has 0 saturated carbocycles. The molecule has 0 radical (unpaired) electrons. The highest BCUT2D eigenvalue weighted by Crippen LogP contribution is 2.31. The maximum Gasteiger partial charge on any atom is 0.276 e. The van der Waals surface area contributed by atoms with Crippen molar-refractivity contribution in [2.45, 2.75) is 20.0 Å². The zero-order valence-corrected chi connectivity index (χ0v) is 17.9. The fourth-order valence-corrected chi connectivity index (χ4v) is 4.12. The van der Waals surface area contributed by atoms with E-state index in [1.165, 1.54) is 11.8 Å². The molecule has 0 aromatic heterocycles. The number of hydrogen-bond acceptors (Lipinski definition) is 6. The largest absolute Gasteiger partial charge is 0.494 e. The molecule has 0 aliphatic carbocycles. The van der Waals surface area contributed by atoms with Gasteiger partial charge < -0.3 is 4.74 Å². The van der Waals surface area contributed by atoms with Gasteiger partial charge in [0.25, 0.3) is 5.91 Å². The molecule has 2 aliphatic rings. The first-order valence-electron chi connectivity index (χ1n) is 9.03. The summed E-state index contributed by atoms with van der Waals surface area (Å²) in [5, 5.41) is 11.4. The van der Waals surface area contributed by atoms with E-state index in [0.29, 0.717) is 17.5 Å². The second kappa shape index (κ2) is 7.97. The molecular weight excluding hydrogens is 440 g/mol. The summed E-state index contributed by atoms with van der Waals surface area (Å²) in [4.78, 5) is 17.8. The monoisotopic (exact) mass is 458 g/mol. The minimum atomic E-state index is -0.419. The van der Waals surface area contributed by atoms with E-state index in [2.05, 4.69) is 21.2 Å². The number of benzene rings is 2. The lowest BCUT2D eigenvalue weighted by Crippen LogP contribution is -2.50. The van der Waals surface area contributed by atoms with Crippen LogP contribution >= 0.6 is 27.7 Å². The first-order chi connectivity index (χ1) is 13.6. The SMILES string of the molecule is CCOc1ccc([C@@H]2N=c3ccc(Br)cc3=C3C(=O)NC(SCC)=NN32)cc1. The van der Waals surface area contributed by atoms with Crippen LogP contribution in [0.2, 0.25) is 0 Å². The van der Waals surface area contributed by atoms with Crippen LogP contribution in [0.3, 0.4) is 0 Å². The number of rotatable bonds is 4. The maximum absolute atomic E-state index is 12.9. The summed E-state index contributed by atoms with van der Waals surface area (Å²) in [6, 6.07) is 13.5. The molecule has 6 nitrogen and oxygen atoms in total. The summed E-state index contributed by atoms with van der Waals surface area (Å²) < 4.78 is 6.43. The smallest absolute Gasteiger partial charge is 0.276 e. The molecular formula is C20H19BrN4O2S. The second-order valence-corrected chi connectivity index (χ2v) is 8.32. The van der Waals surface area contributed by atoms with Gasteiger partial charge in [-0.15, -0.1) is 5.10 Å². The highest BCUT2D eigenvalue weighted by Gasteiger charge is 2.34. The van der Waals surface area contributed by atoms with Gasteiger partial charge in [0.2, 0.25) is 0 Å². The average molecular weight is 459 g/mol. The van der Waals surface area contributed by atoms with Crippen LogP contribution in [0.1, 0.15) is 25.6 Å². The lowest BCUT2D eigenvalue weighted by molar-refractivity contribution is -0.116. The predicted molar refractivity (Wildman–Crippen MR) is 114 cm³/mol. The third-order valence-electron chi connectivity index (χ3n) is 4.34. The van der Waals surface area contributed by atoms with Crippen LogP contribution in [0.15, 0.2) is 57.0 Å². The Labute approximate surface area is 175 Å². The molecule has 144 valence electrons. The second-order valence-electron chi connectivity index (χ2n) is 6.15. The lowest BCUT2D eigenvalue weighted by atomic mass is 10.1. The number of nitrogens with zero attached hydrogens (tertiary/aromatic N) is 3. The fourth-order valence-electron chi connectivity index (χ4n) is 3.17. The van der Waals surface area contributed by atoms with Crippen LogP contribution in [-0.4, -0.2) is 28.4 Å². The van der Waals surface area contributed by atoms with E-state index in [4.69, 9.17) is 14.8 Å². The van der Waals surface area contributed by atoms with Crippen LogP contribution < -0.4 is 20.6 Å². The van der Waals surface area contributed by atoms with Crippen LogP contribution in [0.25, 0.3) is 5.70 Å². The summed E-state index contributed by atoms with van der Waals surface area (Å²) in [6.07, 6.45) is -0.419. The normalized spacial score (nSPS) is 17.9. The molecule has 2 aliphatic heterocycles. The Balaban J connectivity index is 1.88. The standard InChI is InChI=1S/C20H19BrN4O2S/c1-3-27-14-8-5-12(6-9-14)18-22-16-10-7-13(21)11-15(16)17-19(26)23-20(28-4-2)24-25(17)18/h5-11,18H,3-4H2,1-2H3,(H,23,24,26)/t18-/m1/s1. The number of hydrogen-bond donors (Lipinski definition) is 1. The first-order valence-corrected chi connectivity index (χ1v) is 10.8. The Morgan fingerprint density at radius 2 is 2.00 bits per heavy atom. The van der Waals surface area contributed by atoms with Gasteiger partial charge in [-0.25, -0.2) is 5.01 Å². The fraction of sp³-hybridized carbons (Fsp3) is 0.250. The molecule has 2 aromatic rings. The lowest BCUT2D eigenvalue weighted by Gasteiger charge is -2.34. The number of nitrogens with one attached hydrogen (secondary N) is 1. The molecule has 1 atom stereocenters. The van der Waals surface area contributed by atoms with Crippen molar-refractivity contribution >= 4 is 44.5 Å². The maximum atomic E-state index is 12.9. The Bertz CT molecular complexity index is 1070. The van der Waals surface area contributed by atoms with Gasteiger partial charge in [-0.3, -0.25) is 15.1 Å². The number of amides is 1. The Kier molecular flexibility index (Phi) is 5.41. The van der Waals surface area contributed by atoms with E-state index >= 15 is 0 Å². The molecule has 8 heteroatoms. The van der Waals surface area contributed by atoms with Crippen LogP contribution in [-0.2, 0) is 4.79 Å². The molecule has 0 bridgehead atoms. The van der Waals surface area contributed by atoms with Crippen molar-refractivity contribution < 1.29 is 9.53 Å². The van der Waals surface area contributed by atoms with Gasteiger partial charge in [-0.05, 0) is 48.6 Å². The third-order valence-corrected chi connectivity index (χ3v) is 5.58. The van der Waals surface area contributed by atoms with Crippen molar-refractivity contribution in [3.05, 3.63) is 63.1 Å². The zero-order valence-electron chi connectivity index (χ0n) is 15.5. The van der Waals surface area contributed by atoms with Gasteiger partial charge in [0.15, 0.2) is 11.3 Å². The summed E-state index contributed by atoms with van der Waals surface area (Å²) in [5.41, 5.74) is 1.44. The Morgan fingerprint density at radius 1 is 1.21 bits per heavy atom. The van der Waals surface area contributed by atoms with Gasteiger partial charge in [0.05, 0.1) is 12.0 Å². The van der Waals surface area contributed by atoms with E-state index in [9.17, 15) is 4.79 Å². The third kappa shape index (κ3) is 3.54. The summed E-state index contributed by atoms with van der Waals surface area (Å²) in [7, 11) is 0. The predicted octanol–water partition coefficient (Wildman–Crippen LogP) is 2.74. The molecule has 1 amide bonds. The average Bonchev–Trinajstić information content (AvgIpc) is 2.68. The number of carbonyl (C=O) groups excluding carboxylic acids is 1. The van der Waals surface area contributed by atoms with Crippen molar-refractivity contribution in [2.24, 2.45) is 10.1 Å². The van der Waals surface area contributed by atoms with Crippen LogP contribution in [0.4, 0.5) is 0 Å². The van der Waals surface area contributed by atoms with Crippen LogP contribution in [0, 0.1) is 0 Å². The van der Waals surface area contributed by atoms with Crippen molar-refractivity contribution in [1.29, 1.82) is 0 Å². The molecule has 0 saturated heterocycles. The number of halogens is 1.